The molecule has 0 aromatic carbocycles. The minimum absolute atomic E-state index is 0.00978. The molecule has 1 amide bonds. The van der Waals surface area contributed by atoms with Gasteiger partial charge in [-0.1, -0.05) is 13.8 Å². The zero-order chi connectivity index (χ0) is 22.2. The van der Waals surface area contributed by atoms with Crippen molar-refractivity contribution in [2.45, 2.75) is 71.3 Å². The molecule has 2 aromatic rings. The van der Waals surface area contributed by atoms with Gasteiger partial charge in [0.25, 0.3) is 5.91 Å². The van der Waals surface area contributed by atoms with Gasteiger partial charge in [-0.05, 0) is 62.3 Å². The van der Waals surface area contributed by atoms with Crippen LogP contribution >= 0.6 is 11.3 Å². The number of carbonyl (C=O) groups is 2. The zero-order valence-corrected chi connectivity index (χ0v) is 19.8. The molecule has 0 aliphatic heterocycles. The third-order valence-corrected chi connectivity index (χ3v) is 8.08. The molecule has 172 valence electrons. The lowest BCUT2D eigenvalue weighted by atomic mass is 9.90. The minimum atomic E-state index is 0.00978. The molecule has 5 rings (SSSR count). The number of ketones is 1. The van der Waals surface area contributed by atoms with E-state index >= 15 is 0 Å². The molecule has 0 saturated heterocycles. The molecule has 32 heavy (non-hydrogen) atoms. The fourth-order valence-corrected chi connectivity index (χ4v) is 5.89. The van der Waals surface area contributed by atoms with E-state index in [0.717, 1.165) is 67.1 Å². The maximum Gasteiger partial charge on any atom is 0.252 e. The maximum atomic E-state index is 13.3. The number of Topliss-reactive ketones (excluding diaryl/α,β-unsaturated/α-hetero) is 1. The van der Waals surface area contributed by atoms with Crippen molar-refractivity contribution < 1.29 is 9.59 Å². The number of anilines is 1. The number of nitrogens with zero attached hydrogens (tertiary/aromatic N) is 3. The van der Waals surface area contributed by atoms with E-state index in [0.29, 0.717) is 24.0 Å². The summed E-state index contributed by atoms with van der Waals surface area (Å²) in [6.07, 6.45) is 9.33. The van der Waals surface area contributed by atoms with Gasteiger partial charge in [0.15, 0.2) is 0 Å². The predicted molar refractivity (Wildman–Crippen MR) is 125 cm³/mol. The first-order valence-electron chi connectivity index (χ1n) is 12.1. The number of fused-ring (bicyclic) bond motifs is 1. The second-order valence-corrected chi connectivity index (χ2v) is 11.3. The molecule has 2 saturated carbocycles. The molecule has 7 nitrogen and oxygen atoms in total. The highest BCUT2D eigenvalue weighted by molar-refractivity contribution is 7.12. The molecule has 2 aromatic heterocycles. The number of nitrogens with one attached hydrogen (secondary N) is 2. The van der Waals surface area contributed by atoms with E-state index in [2.05, 4.69) is 39.2 Å². The molecule has 0 spiro atoms. The number of thiophene rings is 1. The zero-order valence-electron chi connectivity index (χ0n) is 19.0. The van der Waals surface area contributed by atoms with Crippen molar-refractivity contribution in [1.82, 2.24) is 20.1 Å². The van der Waals surface area contributed by atoms with Crippen LogP contribution in [-0.4, -0.2) is 39.5 Å². The second-order valence-electron chi connectivity index (χ2n) is 10.1. The van der Waals surface area contributed by atoms with Crippen LogP contribution in [0.25, 0.3) is 0 Å². The first kappa shape index (κ1) is 21.6. The molecule has 2 fully saturated rings. The van der Waals surface area contributed by atoms with Gasteiger partial charge in [-0.25, -0.2) is 0 Å². The molecule has 0 radical (unpaired) electrons. The van der Waals surface area contributed by atoms with Crippen molar-refractivity contribution in [2.24, 2.45) is 17.8 Å². The normalized spacial score (nSPS) is 20.3. The molecule has 1 atom stereocenters. The Kier molecular flexibility index (Phi) is 6.05. The molecule has 2 N–H and O–H groups in total. The van der Waals surface area contributed by atoms with Gasteiger partial charge in [-0.3, -0.25) is 14.2 Å². The molecular weight excluding hydrogens is 422 g/mol. The monoisotopic (exact) mass is 455 g/mol. The van der Waals surface area contributed by atoms with Gasteiger partial charge < -0.3 is 10.6 Å². The van der Waals surface area contributed by atoms with Gasteiger partial charge >= 0.3 is 0 Å². The molecule has 8 heteroatoms. The number of rotatable bonds is 10. The molecule has 2 heterocycles. The van der Waals surface area contributed by atoms with Crippen molar-refractivity contribution in [3.63, 3.8) is 0 Å². The third kappa shape index (κ3) is 4.75. The Balaban J connectivity index is 1.39. The Morgan fingerprint density at radius 2 is 2.03 bits per heavy atom. The topological polar surface area (TPSA) is 88.9 Å². The van der Waals surface area contributed by atoms with Crippen LogP contribution in [0.4, 0.5) is 5.95 Å². The minimum Gasteiger partial charge on any atom is -0.354 e. The largest absolute Gasteiger partial charge is 0.354 e. The second kappa shape index (κ2) is 8.96. The summed E-state index contributed by atoms with van der Waals surface area (Å²) in [6, 6.07) is 0.212. The summed E-state index contributed by atoms with van der Waals surface area (Å²) in [6.45, 7) is 5.93. The van der Waals surface area contributed by atoms with E-state index in [1.165, 1.54) is 17.7 Å². The Morgan fingerprint density at radius 1 is 1.22 bits per heavy atom. The van der Waals surface area contributed by atoms with Crippen LogP contribution in [0.2, 0.25) is 0 Å². The number of amides is 1. The number of aromatic nitrogens is 3. The third-order valence-electron chi connectivity index (χ3n) is 6.79. The van der Waals surface area contributed by atoms with E-state index in [1.54, 1.807) is 17.7 Å². The number of hydrogen-bond donors (Lipinski definition) is 2. The summed E-state index contributed by atoms with van der Waals surface area (Å²) in [5.74, 6) is 2.47. The highest BCUT2D eigenvalue weighted by Crippen LogP contribution is 2.40. The summed E-state index contributed by atoms with van der Waals surface area (Å²) >= 11 is 1.69. The maximum absolute atomic E-state index is 13.3. The van der Waals surface area contributed by atoms with Gasteiger partial charge in [0.2, 0.25) is 5.95 Å². The molecule has 0 unspecified atom stereocenters. The summed E-state index contributed by atoms with van der Waals surface area (Å²) in [5, 5.41) is 15.0. The molecule has 0 bridgehead atoms. The van der Waals surface area contributed by atoms with Crippen molar-refractivity contribution in [3.05, 3.63) is 27.2 Å². The van der Waals surface area contributed by atoms with Gasteiger partial charge in [0.05, 0.1) is 5.56 Å². The van der Waals surface area contributed by atoms with Crippen LogP contribution in [0.5, 0.6) is 0 Å². The molecular formula is C24H33N5O2S. The van der Waals surface area contributed by atoms with Crippen molar-refractivity contribution >= 4 is 29.0 Å². The van der Waals surface area contributed by atoms with E-state index in [9.17, 15) is 9.59 Å². The lowest BCUT2D eigenvalue weighted by molar-refractivity contribution is -0.119. The van der Waals surface area contributed by atoms with Crippen molar-refractivity contribution in [3.8, 4) is 0 Å². The first-order valence-corrected chi connectivity index (χ1v) is 12.9. The molecule has 3 aliphatic carbocycles. The lowest BCUT2D eigenvalue weighted by Crippen LogP contribution is -2.28. The summed E-state index contributed by atoms with van der Waals surface area (Å²) < 4.78 is 2.13. The highest BCUT2D eigenvalue weighted by atomic mass is 32.1. The van der Waals surface area contributed by atoms with Crippen molar-refractivity contribution in [1.29, 1.82) is 0 Å². The summed E-state index contributed by atoms with van der Waals surface area (Å²) in [7, 11) is 0. The van der Waals surface area contributed by atoms with Crippen LogP contribution in [-0.2, 0) is 24.1 Å². The predicted octanol–water partition coefficient (Wildman–Crippen LogP) is 3.80. The molecule has 3 aliphatic rings. The van der Waals surface area contributed by atoms with E-state index < -0.39 is 0 Å². The van der Waals surface area contributed by atoms with Gasteiger partial charge in [-0.15, -0.1) is 21.5 Å². The summed E-state index contributed by atoms with van der Waals surface area (Å²) in [4.78, 5) is 28.1. The summed E-state index contributed by atoms with van der Waals surface area (Å²) in [5.41, 5.74) is 1.93. The fourth-order valence-electron chi connectivity index (χ4n) is 4.53. The lowest BCUT2D eigenvalue weighted by Gasteiger charge is -2.25. The van der Waals surface area contributed by atoms with Crippen LogP contribution in [0.3, 0.4) is 0 Å². The Bertz CT molecular complexity index is 1000. The standard InChI is InChI=1S/C24H33N5O2S/c1-14(2)11-26-24-28-27-13-29(24)17-7-8-20-18(9-17)22(23(31)25-12-15-3-4-15)21(32-20)10-19(30)16-5-6-16/h13-17H,3-12H2,1-2H3,(H,25,31)(H,26,28)/t17-/m1/s1. The van der Waals surface area contributed by atoms with E-state index in [1.807, 2.05) is 0 Å². The van der Waals surface area contributed by atoms with Crippen LogP contribution in [0.15, 0.2) is 6.33 Å². The highest BCUT2D eigenvalue weighted by Gasteiger charge is 2.35. The Hall–Kier alpha value is -2.22. The van der Waals surface area contributed by atoms with Gasteiger partial charge in [0, 0.05) is 41.2 Å². The van der Waals surface area contributed by atoms with Crippen LogP contribution in [0, 0.1) is 17.8 Å². The van der Waals surface area contributed by atoms with Crippen molar-refractivity contribution in [2.75, 3.05) is 18.4 Å². The quantitative estimate of drug-likeness (QED) is 0.569. The number of carbonyl (C=O) groups excluding carboxylic acids is 2. The fraction of sp³-hybridized carbons (Fsp3) is 0.667. The SMILES string of the molecule is CC(C)CNc1nncn1[C@@H]1CCc2sc(CC(=O)C3CC3)c(C(=O)NCC3CC3)c2C1. The number of hydrogen-bond acceptors (Lipinski definition) is 6. The number of aryl methyl sites for hydroxylation is 1. The average Bonchev–Trinajstić information content (AvgIpc) is 3.69. The van der Waals surface area contributed by atoms with Gasteiger partial charge in [-0.2, -0.15) is 0 Å². The van der Waals surface area contributed by atoms with E-state index in [4.69, 9.17) is 0 Å². The first-order chi connectivity index (χ1) is 15.5. The van der Waals surface area contributed by atoms with Crippen LogP contribution in [0.1, 0.15) is 77.7 Å². The average molecular weight is 456 g/mol. The van der Waals surface area contributed by atoms with Gasteiger partial charge in [0.1, 0.15) is 12.1 Å². The smallest absolute Gasteiger partial charge is 0.252 e. The Morgan fingerprint density at radius 3 is 2.75 bits per heavy atom. The van der Waals surface area contributed by atoms with E-state index in [-0.39, 0.29) is 17.9 Å². The van der Waals surface area contributed by atoms with Crippen LogP contribution < -0.4 is 10.6 Å². The Labute approximate surface area is 193 Å².